The van der Waals surface area contributed by atoms with Crippen molar-refractivity contribution in [3.8, 4) is 0 Å². The molecule has 1 aliphatic heterocycles. The highest BCUT2D eigenvalue weighted by Gasteiger charge is 2.35. The highest BCUT2D eigenvalue weighted by atomic mass is 16.5. The predicted molar refractivity (Wildman–Crippen MR) is 95.5 cm³/mol. The summed E-state index contributed by atoms with van der Waals surface area (Å²) < 4.78 is 7.03. The number of aryl methyl sites for hydroxylation is 1. The molecule has 3 atom stereocenters. The fourth-order valence-electron chi connectivity index (χ4n) is 2.97. The highest BCUT2D eigenvalue weighted by Crippen LogP contribution is 2.30. The van der Waals surface area contributed by atoms with Crippen LogP contribution in [-0.4, -0.2) is 33.4 Å². The van der Waals surface area contributed by atoms with Crippen LogP contribution >= 0.6 is 0 Å². The quantitative estimate of drug-likeness (QED) is 0.466. The van der Waals surface area contributed by atoms with Gasteiger partial charge in [-0.25, -0.2) is 4.79 Å². The second-order valence-electron chi connectivity index (χ2n) is 6.12. The van der Waals surface area contributed by atoms with Crippen LogP contribution in [0.2, 0.25) is 0 Å². The number of anilines is 1. The lowest BCUT2D eigenvalue weighted by Gasteiger charge is -2.17. The zero-order valence-electron chi connectivity index (χ0n) is 14.3. The zero-order valence-corrected chi connectivity index (χ0v) is 14.3. The smallest absolute Gasteiger partial charge is 0.351 e. The first kappa shape index (κ1) is 17.9. The van der Waals surface area contributed by atoms with Crippen molar-refractivity contribution in [3.63, 3.8) is 0 Å². The van der Waals surface area contributed by atoms with Crippen LogP contribution in [0.15, 0.2) is 46.4 Å². The molecule has 26 heavy (non-hydrogen) atoms. The summed E-state index contributed by atoms with van der Waals surface area (Å²) in [7, 11) is 0. The van der Waals surface area contributed by atoms with E-state index in [0.29, 0.717) is 18.8 Å². The Balaban J connectivity index is 1.77. The molecular weight excluding hydrogens is 336 g/mol. The van der Waals surface area contributed by atoms with E-state index in [2.05, 4.69) is 20.3 Å². The summed E-state index contributed by atoms with van der Waals surface area (Å²) in [4.78, 5) is 19.3. The van der Waals surface area contributed by atoms with Crippen LogP contribution < -0.4 is 11.0 Å². The SMILES string of the molecule is Cc1cn([C@H]2CC(N=[N+]=[N-])[C@@H](CO)O2)c(=O)nc1NCc1ccccc1. The fourth-order valence-corrected chi connectivity index (χ4v) is 2.97. The van der Waals surface area contributed by atoms with Crippen molar-refractivity contribution in [2.24, 2.45) is 5.11 Å². The van der Waals surface area contributed by atoms with Crippen molar-refractivity contribution in [3.05, 3.63) is 68.6 Å². The minimum absolute atomic E-state index is 0.280. The molecule has 0 aliphatic carbocycles. The van der Waals surface area contributed by atoms with Crippen LogP contribution in [0.25, 0.3) is 10.4 Å². The number of hydrogen-bond acceptors (Lipinski definition) is 6. The molecule has 2 aromatic rings. The number of rotatable bonds is 6. The molecule has 1 fully saturated rings. The van der Waals surface area contributed by atoms with E-state index < -0.39 is 24.1 Å². The van der Waals surface area contributed by atoms with E-state index >= 15 is 0 Å². The summed E-state index contributed by atoms with van der Waals surface area (Å²) in [6.07, 6.45) is 0.733. The van der Waals surface area contributed by atoms with Gasteiger partial charge in [-0.2, -0.15) is 4.98 Å². The average molecular weight is 356 g/mol. The molecule has 1 unspecified atom stereocenters. The van der Waals surface area contributed by atoms with Gasteiger partial charge in [0.1, 0.15) is 12.0 Å². The number of ether oxygens (including phenoxy) is 1. The minimum Gasteiger partial charge on any atom is -0.394 e. The summed E-state index contributed by atoms with van der Waals surface area (Å²) in [5.41, 5.74) is 10.0. The van der Waals surface area contributed by atoms with Crippen LogP contribution in [0.3, 0.4) is 0 Å². The van der Waals surface area contributed by atoms with Gasteiger partial charge in [0.05, 0.1) is 18.8 Å². The lowest BCUT2D eigenvalue weighted by molar-refractivity contribution is -0.0270. The molecule has 1 aromatic heterocycles. The number of aliphatic hydroxyl groups excluding tert-OH is 1. The van der Waals surface area contributed by atoms with E-state index in [0.717, 1.165) is 11.1 Å². The van der Waals surface area contributed by atoms with E-state index in [9.17, 15) is 9.90 Å². The van der Waals surface area contributed by atoms with E-state index in [1.54, 1.807) is 6.20 Å². The molecule has 1 aliphatic rings. The summed E-state index contributed by atoms with van der Waals surface area (Å²) >= 11 is 0. The number of aromatic nitrogens is 2. The first-order valence-electron chi connectivity index (χ1n) is 8.30. The molecule has 2 heterocycles. The summed E-state index contributed by atoms with van der Waals surface area (Å²) in [5, 5.41) is 16.1. The molecule has 3 rings (SSSR count). The van der Waals surface area contributed by atoms with Crippen LogP contribution in [0.5, 0.6) is 0 Å². The molecule has 0 amide bonds. The maximum atomic E-state index is 12.4. The molecule has 136 valence electrons. The van der Waals surface area contributed by atoms with Gasteiger partial charge in [0.2, 0.25) is 0 Å². The molecule has 2 N–H and O–H groups in total. The van der Waals surface area contributed by atoms with Crippen LogP contribution in [0.4, 0.5) is 5.82 Å². The highest BCUT2D eigenvalue weighted by molar-refractivity contribution is 5.42. The summed E-state index contributed by atoms with van der Waals surface area (Å²) in [6, 6.07) is 9.30. The number of nitrogens with zero attached hydrogens (tertiary/aromatic N) is 5. The van der Waals surface area contributed by atoms with Gasteiger partial charge in [-0.3, -0.25) is 4.57 Å². The van der Waals surface area contributed by atoms with Gasteiger partial charge in [0, 0.05) is 29.6 Å². The van der Waals surface area contributed by atoms with Gasteiger partial charge in [-0.15, -0.1) is 0 Å². The van der Waals surface area contributed by atoms with E-state index in [4.69, 9.17) is 10.3 Å². The van der Waals surface area contributed by atoms with Crippen LogP contribution in [0, 0.1) is 6.92 Å². The van der Waals surface area contributed by atoms with Gasteiger partial charge in [0.15, 0.2) is 0 Å². The lowest BCUT2D eigenvalue weighted by Crippen LogP contribution is -2.29. The third-order valence-corrected chi connectivity index (χ3v) is 4.33. The predicted octanol–water partition coefficient (Wildman–Crippen LogP) is 2.12. The van der Waals surface area contributed by atoms with Gasteiger partial charge in [-0.1, -0.05) is 35.4 Å². The monoisotopic (exact) mass is 356 g/mol. The van der Waals surface area contributed by atoms with Crippen LogP contribution in [-0.2, 0) is 11.3 Å². The summed E-state index contributed by atoms with van der Waals surface area (Å²) in [6.45, 7) is 2.13. The van der Waals surface area contributed by atoms with E-state index in [1.165, 1.54) is 4.57 Å². The van der Waals surface area contributed by atoms with Gasteiger partial charge in [-0.05, 0) is 18.0 Å². The first-order chi connectivity index (χ1) is 12.6. The second-order valence-corrected chi connectivity index (χ2v) is 6.12. The standard InChI is InChI=1S/C17H20N6O3/c1-11-9-23(15-7-13(21-22-18)14(10-24)26-15)17(25)20-16(11)19-8-12-5-3-2-4-6-12/h2-6,9,13-15,24H,7-8,10H2,1H3,(H,19,20,25)/t13?,14-,15-/m1/s1. The molecule has 0 spiro atoms. The number of azide groups is 1. The third kappa shape index (κ3) is 3.85. The Kier molecular flexibility index (Phi) is 5.52. The Morgan fingerprint density at radius 3 is 2.92 bits per heavy atom. The van der Waals surface area contributed by atoms with Gasteiger partial charge in [0.25, 0.3) is 0 Å². The maximum absolute atomic E-state index is 12.4. The minimum atomic E-state index is -0.626. The normalized spacial score (nSPS) is 22.0. The Labute approximate surface area is 149 Å². The number of aliphatic hydroxyl groups is 1. The van der Waals surface area contributed by atoms with Crippen molar-refractivity contribution in [2.45, 2.75) is 38.3 Å². The Bertz CT molecular complexity index is 863. The van der Waals surface area contributed by atoms with Gasteiger partial charge >= 0.3 is 5.69 Å². The molecule has 0 saturated carbocycles. The largest absolute Gasteiger partial charge is 0.394 e. The van der Waals surface area contributed by atoms with E-state index in [1.807, 2.05) is 37.3 Å². The maximum Gasteiger partial charge on any atom is 0.351 e. The Morgan fingerprint density at radius 1 is 1.46 bits per heavy atom. The number of benzene rings is 1. The Hall–Kier alpha value is -2.87. The first-order valence-corrected chi connectivity index (χ1v) is 8.30. The topological polar surface area (TPSA) is 125 Å². The van der Waals surface area contributed by atoms with Crippen molar-refractivity contribution in [1.29, 1.82) is 0 Å². The number of hydrogen-bond donors (Lipinski definition) is 2. The molecule has 1 saturated heterocycles. The summed E-state index contributed by atoms with van der Waals surface area (Å²) in [5.74, 6) is 0.512. The van der Waals surface area contributed by atoms with Crippen molar-refractivity contribution in [1.82, 2.24) is 9.55 Å². The molecule has 9 heteroatoms. The zero-order chi connectivity index (χ0) is 18.5. The molecule has 0 bridgehead atoms. The molecule has 0 radical (unpaired) electrons. The van der Waals surface area contributed by atoms with Crippen LogP contribution in [0.1, 0.15) is 23.8 Å². The average Bonchev–Trinajstić information content (AvgIpc) is 3.06. The number of nitrogens with one attached hydrogen (secondary N) is 1. The fraction of sp³-hybridized carbons (Fsp3) is 0.412. The van der Waals surface area contributed by atoms with Crippen molar-refractivity contribution in [2.75, 3.05) is 11.9 Å². The van der Waals surface area contributed by atoms with Gasteiger partial charge < -0.3 is 15.2 Å². The molecular formula is C17H20N6O3. The van der Waals surface area contributed by atoms with E-state index in [-0.39, 0.29) is 6.61 Å². The molecule has 9 nitrogen and oxygen atoms in total. The molecule has 1 aromatic carbocycles. The van der Waals surface area contributed by atoms with Crippen molar-refractivity contribution >= 4 is 5.82 Å². The lowest BCUT2D eigenvalue weighted by atomic mass is 10.1. The Morgan fingerprint density at radius 2 is 2.23 bits per heavy atom. The second kappa shape index (κ2) is 8.01. The third-order valence-electron chi connectivity index (χ3n) is 4.33. The van der Waals surface area contributed by atoms with Crippen molar-refractivity contribution < 1.29 is 9.84 Å².